The average molecular weight is 594 g/mol. The Hall–Kier alpha value is -3.74. The molecule has 8 nitrogen and oxygen atoms in total. The van der Waals surface area contributed by atoms with Gasteiger partial charge in [-0.05, 0) is 61.8 Å². The van der Waals surface area contributed by atoms with Gasteiger partial charge >= 0.3 is 6.01 Å². The van der Waals surface area contributed by atoms with Crippen LogP contribution in [-0.2, 0) is 0 Å². The summed E-state index contributed by atoms with van der Waals surface area (Å²) in [6, 6.07) is 10.4. The number of hydrogen-bond acceptors (Lipinski definition) is 7. The van der Waals surface area contributed by atoms with Crippen LogP contribution >= 0.6 is 0 Å². The molecule has 2 unspecified atom stereocenters. The van der Waals surface area contributed by atoms with Crippen molar-refractivity contribution < 1.29 is 9.13 Å². The minimum absolute atomic E-state index is 0.00599. The Morgan fingerprint density at radius 1 is 1.02 bits per heavy atom. The summed E-state index contributed by atoms with van der Waals surface area (Å²) in [7, 11) is 0. The van der Waals surface area contributed by atoms with Crippen LogP contribution in [0.5, 0.6) is 6.01 Å². The summed E-state index contributed by atoms with van der Waals surface area (Å²) >= 11 is 0. The van der Waals surface area contributed by atoms with Gasteiger partial charge in [-0.2, -0.15) is 15.1 Å². The molecule has 0 saturated carbocycles. The fourth-order valence-electron chi connectivity index (χ4n) is 8.56. The van der Waals surface area contributed by atoms with Crippen molar-refractivity contribution in [2.24, 2.45) is 11.8 Å². The molecule has 228 valence electrons. The molecule has 2 aromatic carbocycles. The van der Waals surface area contributed by atoms with Gasteiger partial charge in [-0.25, -0.2) is 4.39 Å². The van der Waals surface area contributed by atoms with Gasteiger partial charge in [0.25, 0.3) is 0 Å². The summed E-state index contributed by atoms with van der Waals surface area (Å²) in [6.07, 6.45) is 12.7. The van der Waals surface area contributed by atoms with Gasteiger partial charge in [0.15, 0.2) is 5.82 Å². The number of anilines is 1. The van der Waals surface area contributed by atoms with Crippen molar-refractivity contribution in [1.82, 2.24) is 30.4 Å². The first-order valence-electron chi connectivity index (χ1n) is 16.3. The van der Waals surface area contributed by atoms with Gasteiger partial charge in [0.05, 0.1) is 11.1 Å². The third-order valence-corrected chi connectivity index (χ3v) is 10.9. The van der Waals surface area contributed by atoms with Crippen LogP contribution in [0.3, 0.4) is 0 Å². The molecule has 8 rings (SSSR count). The van der Waals surface area contributed by atoms with E-state index in [0.29, 0.717) is 52.7 Å². The van der Waals surface area contributed by atoms with Gasteiger partial charge in [-0.15, -0.1) is 6.42 Å². The number of H-pyrrole nitrogens is 1. The van der Waals surface area contributed by atoms with Crippen LogP contribution in [0.1, 0.15) is 57.9 Å². The molecule has 0 aliphatic carbocycles. The van der Waals surface area contributed by atoms with E-state index in [2.05, 4.69) is 45.1 Å². The molecular weight excluding hydrogens is 553 g/mol. The van der Waals surface area contributed by atoms with E-state index in [0.717, 1.165) is 68.6 Å². The number of benzene rings is 2. The lowest BCUT2D eigenvalue weighted by atomic mass is 9.86. The largest absolute Gasteiger partial charge is 0.461 e. The molecule has 4 atom stereocenters. The Kier molecular flexibility index (Phi) is 6.76. The van der Waals surface area contributed by atoms with E-state index in [1.807, 2.05) is 24.3 Å². The van der Waals surface area contributed by atoms with E-state index in [1.54, 1.807) is 6.07 Å². The molecule has 0 amide bonds. The van der Waals surface area contributed by atoms with E-state index in [1.165, 1.54) is 12.8 Å². The van der Waals surface area contributed by atoms with E-state index >= 15 is 4.39 Å². The third kappa shape index (κ3) is 4.45. The maximum Gasteiger partial charge on any atom is 0.319 e. The quantitative estimate of drug-likeness (QED) is 0.274. The van der Waals surface area contributed by atoms with Crippen LogP contribution in [-0.4, -0.2) is 75.5 Å². The molecule has 2 N–H and O–H groups in total. The summed E-state index contributed by atoms with van der Waals surface area (Å²) in [5.41, 5.74) is 2.53. The summed E-state index contributed by atoms with van der Waals surface area (Å²) in [4.78, 5) is 14.7. The number of hydrogen-bond donors (Lipinski definition) is 2. The Morgan fingerprint density at radius 2 is 1.77 bits per heavy atom. The van der Waals surface area contributed by atoms with Crippen molar-refractivity contribution in [3.8, 4) is 29.6 Å². The number of fused-ring (bicyclic) bond motifs is 5. The SMILES string of the molecule is C#Cc1cccc2[nH]nc(-c3ccc4c(N5C[C@H]6CC[C@@H](C5)N6)nc(OCC56CC(CC)CN5CC(CC)C6)nc4c3F)c12. The zero-order valence-corrected chi connectivity index (χ0v) is 25.6. The fourth-order valence-corrected chi connectivity index (χ4v) is 8.56. The average Bonchev–Trinajstić information content (AvgIpc) is 3.80. The Balaban J connectivity index is 1.22. The lowest BCUT2D eigenvalue weighted by Crippen LogP contribution is -2.51. The first kappa shape index (κ1) is 27.8. The zero-order chi connectivity index (χ0) is 30.0. The van der Waals surface area contributed by atoms with Crippen LogP contribution in [0.4, 0.5) is 10.2 Å². The molecular formula is C35H40FN7O. The summed E-state index contributed by atoms with van der Waals surface area (Å²) < 4.78 is 23.3. The van der Waals surface area contributed by atoms with Gasteiger partial charge in [0, 0.05) is 60.2 Å². The molecule has 4 aromatic rings. The van der Waals surface area contributed by atoms with Crippen LogP contribution in [0.15, 0.2) is 30.3 Å². The van der Waals surface area contributed by atoms with Gasteiger partial charge < -0.3 is 15.0 Å². The first-order chi connectivity index (χ1) is 21.5. The highest BCUT2D eigenvalue weighted by molar-refractivity contribution is 6.00. The molecule has 4 fully saturated rings. The number of nitrogens with zero attached hydrogens (tertiary/aromatic N) is 5. The van der Waals surface area contributed by atoms with Crippen molar-refractivity contribution in [3.05, 3.63) is 41.7 Å². The van der Waals surface area contributed by atoms with Crippen molar-refractivity contribution in [3.63, 3.8) is 0 Å². The number of piperazine rings is 1. The van der Waals surface area contributed by atoms with Crippen LogP contribution < -0.4 is 15.0 Å². The van der Waals surface area contributed by atoms with E-state index in [9.17, 15) is 0 Å². The van der Waals surface area contributed by atoms with Crippen LogP contribution in [0, 0.1) is 30.0 Å². The highest BCUT2D eigenvalue weighted by Gasteiger charge is 2.51. The van der Waals surface area contributed by atoms with Crippen molar-refractivity contribution >= 4 is 27.6 Å². The monoisotopic (exact) mass is 593 g/mol. The number of ether oxygens (including phenoxy) is 1. The molecule has 4 saturated heterocycles. The normalized spacial score (nSPS) is 28.2. The number of rotatable bonds is 7. The second kappa shape index (κ2) is 10.7. The lowest BCUT2D eigenvalue weighted by molar-refractivity contribution is 0.107. The number of terminal acetylenes is 1. The molecule has 4 aliphatic rings. The molecule has 2 aromatic heterocycles. The first-order valence-corrected chi connectivity index (χ1v) is 16.3. The highest BCUT2D eigenvalue weighted by atomic mass is 19.1. The molecule has 44 heavy (non-hydrogen) atoms. The van der Waals surface area contributed by atoms with Gasteiger partial charge in [0.2, 0.25) is 0 Å². The topological polar surface area (TPSA) is 82.2 Å². The molecule has 0 spiro atoms. The molecule has 6 heterocycles. The van der Waals surface area contributed by atoms with Gasteiger partial charge in [0.1, 0.15) is 23.6 Å². The van der Waals surface area contributed by atoms with Crippen molar-refractivity contribution in [2.75, 3.05) is 37.7 Å². The number of aromatic nitrogens is 4. The van der Waals surface area contributed by atoms with Crippen molar-refractivity contribution in [1.29, 1.82) is 0 Å². The van der Waals surface area contributed by atoms with Crippen LogP contribution in [0.2, 0.25) is 0 Å². The van der Waals surface area contributed by atoms with Gasteiger partial charge in [-0.3, -0.25) is 10.00 Å². The zero-order valence-electron chi connectivity index (χ0n) is 25.6. The highest BCUT2D eigenvalue weighted by Crippen LogP contribution is 2.46. The Bertz CT molecular complexity index is 1750. The predicted molar refractivity (Wildman–Crippen MR) is 171 cm³/mol. The minimum atomic E-state index is -0.437. The standard InChI is InChI=1S/C35H40FN7O/c1-4-21-14-35(15-22(5-2)17-43(35)16-21)20-44-34-38-32-27(33(39-34)42-18-24-10-11-25(19-42)37-24)13-12-26(30(32)36)31-29-23(6-3)8-7-9-28(29)40-41-31/h3,7-9,12-13,21-22,24-25,37H,4-5,10-11,14-20H2,1-2H3,(H,40,41)/t21?,22?,24-,25+,35?. The molecule has 4 aliphatic heterocycles. The Labute approximate surface area is 257 Å². The third-order valence-electron chi connectivity index (χ3n) is 10.9. The summed E-state index contributed by atoms with van der Waals surface area (Å²) in [5, 5.41) is 12.7. The fraction of sp³-hybridized carbons (Fsp3) is 0.514. The molecule has 9 heteroatoms. The van der Waals surface area contributed by atoms with E-state index < -0.39 is 5.82 Å². The maximum atomic E-state index is 16.7. The lowest BCUT2D eigenvalue weighted by Gasteiger charge is -2.34. The number of aromatic amines is 1. The second-order valence-corrected chi connectivity index (χ2v) is 13.5. The minimum Gasteiger partial charge on any atom is -0.461 e. The van der Waals surface area contributed by atoms with Crippen molar-refractivity contribution in [2.45, 2.75) is 70.0 Å². The Morgan fingerprint density at radius 3 is 2.48 bits per heavy atom. The van der Waals surface area contributed by atoms with E-state index in [4.69, 9.17) is 21.1 Å². The summed E-state index contributed by atoms with van der Waals surface area (Å²) in [6.45, 7) is 9.00. The number of halogens is 1. The smallest absolute Gasteiger partial charge is 0.319 e. The molecule has 2 bridgehead atoms. The predicted octanol–water partition coefficient (Wildman–Crippen LogP) is 5.51. The van der Waals surface area contributed by atoms with Gasteiger partial charge in [-0.1, -0.05) is 38.7 Å². The number of nitrogens with one attached hydrogen (secondary N) is 2. The second-order valence-electron chi connectivity index (χ2n) is 13.5. The molecule has 0 radical (unpaired) electrons. The van der Waals surface area contributed by atoms with E-state index in [-0.39, 0.29) is 17.1 Å². The maximum absolute atomic E-state index is 16.7. The van der Waals surface area contributed by atoms with Crippen LogP contribution in [0.25, 0.3) is 33.1 Å². The summed E-state index contributed by atoms with van der Waals surface area (Å²) in [5.74, 6) is 4.39.